The molecule has 0 aromatic heterocycles. The Morgan fingerprint density at radius 3 is 2.94 bits per heavy atom. The van der Waals surface area contributed by atoms with Crippen LogP contribution >= 0.6 is 0 Å². The molecule has 1 aliphatic rings. The highest BCUT2D eigenvalue weighted by Crippen LogP contribution is 2.29. The number of benzene rings is 1. The third kappa shape index (κ3) is 2.65. The molecule has 1 aromatic carbocycles. The molecule has 0 spiro atoms. The van der Waals surface area contributed by atoms with Gasteiger partial charge in [0.15, 0.2) is 0 Å². The zero-order chi connectivity index (χ0) is 12.3. The number of hydrazine groups is 1. The van der Waals surface area contributed by atoms with Gasteiger partial charge in [-0.2, -0.15) is 0 Å². The second kappa shape index (κ2) is 5.29. The van der Waals surface area contributed by atoms with Gasteiger partial charge < -0.3 is 4.74 Å². The number of halogens is 1. The number of nitrogens with two attached hydrogens (primary N) is 1. The summed E-state index contributed by atoms with van der Waals surface area (Å²) < 4.78 is 19.1. The van der Waals surface area contributed by atoms with E-state index in [1.807, 2.05) is 13.0 Å². The summed E-state index contributed by atoms with van der Waals surface area (Å²) in [6.45, 7) is 2.65. The lowest BCUT2D eigenvalue weighted by molar-refractivity contribution is 0.219. The topological polar surface area (TPSA) is 47.3 Å². The van der Waals surface area contributed by atoms with Crippen molar-refractivity contribution in [3.05, 3.63) is 47.0 Å². The van der Waals surface area contributed by atoms with Crippen molar-refractivity contribution in [3.8, 4) is 0 Å². The minimum absolute atomic E-state index is 0.245. The highest BCUT2D eigenvalue weighted by atomic mass is 19.1. The molecule has 4 heteroatoms. The van der Waals surface area contributed by atoms with Crippen LogP contribution in [0, 0.1) is 12.7 Å². The fourth-order valence-electron chi connectivity index (χ4n) is 2.08. The van der Waals surface area contributed by atoms with E-state index < -0.39 is 0 Å². The molecule has 1 heterocycles. The monoisotopic (exact) mass is 236 g/mol. The lowest BCUT2D eigenvalue weighted by atomic mass is 9.94. The van der Waals surface area contributed by atoms with Crippen molar-refractivity contribution < 1.29 is 9.13 Å². The zero-order valence-electron chi connectivity index (χ0n) is 9.87. The molecule has 1 unspecified atom stereocenters. The van der Waals surface area contributed by atoms with Gasteiger partial charge in [-0.25, -0.2) is 9.82 Å². The quantitative estimate of drug-likeness (QED) is 0.625. The Balaban J connectivity index is 2.34. The Labute approximate surface area is 100 Å². The fraction of sp³-hybridized carbons (Fsp3) is 0.385. The fourth-order valence-corrected chi connectivity index (χ4v) is 2.08. The number of hydrogen-bond donors (Lipinski definition) is 2. The van der Waals surface area contributed by atoms with Crippen LogP contribution in [0.25, 0.3) is 0 Å². The van der Waals surface area contributed by atoms with Crippen molar-refractivity contribution in [1.29, 1.82) is 0 Å². The van der Waals surface area contributed by atoms with E-state index in [9.17, 15) is 4.39 Å². The summed E-state index contributed by atoms with van der Waals surface area (Å²) in [6, 6.07) is 4.72. The lowest BCUT2D eigenvalue weighted by Gasteiger charge is -2.23. The molecule has 0 fully saturated rings. The van der Waals surface area contributed by atoms with Crippen molar-refractivity contribution in [2.45, 2.75) is 25.8 Å². The van der Waals surface area contributed by atoms with Crippen LogP contribution < -0.4 is 11.3 Å². The van der Waals surface area contributed by atoms with Crippen LogP contribution in [-0.2, 0) is 4.74 Å². The lowest BCUT2D eigenvalue weighted by Crippen LogP contribution is -2.31. The number of aryl methyl sites for hydroxylation is 1. The largest absolute Gasteiger partial charge is 0.501 e. The minimum Gasteiger partial charge on any atom is -0.501 e. The van der Waals surface area contributed by atoms with Gasteiger partial charge in [0.1, 0.15) is 5.82 Å². The molecule has 1 aliphatic heterocycles. The Kier molecular flexibility index (Phi) is 3.76. The Bertz CT molecular complexity index is 431. The van der Waals surface area contributed by atoms with Crippen molar-refractivity contribution in [2.75, 3.05) is 6.61 Å². The first kappa shape index (κ1) is 12.1. The molecule has 0 bridgehead atoms. The van der Waals surface area contributed by atoms with Crippen molar-refractivity contribution >= 4 is 0 Å². The summed E-state index contributed by atoms with van der Waals surface area (Å²) in [7, 11) is 0. The van der Waals surface area contributed by atoms with Gasteiger partial charge in [-0.1, -0.05) is 17.7 Å². The van der Waals surface area contributed by atoms with Crippen LogP contribution in [0.1, 0.15) is 30.0 Å². The average Bonchev–Trinajstić information content (AvgIpc) is 2.36. The normalized spacial score (nSPS) is 17.2. The van der Waals surface area contributed by atoms with Gasteiger partial charge in [-0.3, -0.25) is 5.84 Å². The van der Waals surface area contributed by atoms with E-state index in [2.05, 4.69) is 5.43 Å². The van der Waals surface area contributed by atoms with E-state index in [1.165, 1.54) is 6.07 Å². The van der Waals surface area contributed by atoms with Crippen LogP contribution in [0.4, 0.5) is 4.39 Å². The van der Waals surface area contributed by atoms with E-state index in [4.69, 9.17) is 10.6 Å². The maximum absolute atomic E-state index is 13.8. The van der Waals surface area contributed by atoms with E-state index >= 15 is 0 Å². The second-order valence-corrected chi connectivity index (χ2v) is 4.29. The second-order valence-electron chi connectivity index (χ2n) is 4.29. The maximum Gasteiger partial charge on any atom is 0.128 e. The number of ether oxygens (including phenoxy) is 1. The summed E-state index contributed by atoms with van der Waals surface area (Å²) >= 11 is 0. The summed E-state index contributed by atoms with van der Waals surface area (Å²) in [5, 5.41) is 0. The third-order valence-electron chi connectivity index (χ3n) is 2.96. The van der Waals surface area contributed by atoms with Gasteiger partial charge in [0.25, 0.3) is 0 Å². The molecule has 0 amide bonds. The number of rotatable bonds is 3. The summed E-state index contributed by atoms with van der Waals surface area (Å²) in [6.07, 6.45) is 3.51. The van der Waals surface area contributed by atoms with Crippen molar-refractivity contribution in [2.24, 2.45) is 5.84 Å². The van der Waals surface area contributed by atoms with Gasteiger partial charge in [0, 0.05) is 5.56 Å². The van der Waals surface area contributed by atoms with Crippen molar-refractivity contribution in [1.82, 2.24) is 5.43 Å². The van der Waals surface area contributed by atoms with Crippen LogP contribution in [-0.4, -0.2) is 6.61 Å². The predicted molar refractivity (Wildman–Crippen MR) is 64.5 cm³/mol. The standard InChI is InChI=1S/C13H17FN2O/c1-9-4-5-12(14)11(7-9)13(16-15)10-3-2-6-17-8-10/h4-5,7-8,13,16H,2-3,6,15H2,1H3. The summed E-state index contributed by atoms with van der Waals surface area (Å²) in [5.41, 5.74) is 5.24. The highest BCUT2D eigenvalue weighted by Gasteiger charge is 2.20. The van der Waals surface area contributed by atoms with Crippen LogP contribution in [0.2, 0.25) is 0 Å². The third-order valence-corrected chi connectivity index (χ3v) is 2.96. The molecular formula is C13H17FN2O. The number of nitrogens with one attached hydrogen (secondary N) is 1. The molecule has 17 heavy (non-hydrogen) atoms. The molecule has 1 atom stereocenters. The summed E-state index contributed by atoms with van der Waals surface area (Å²) in [4.78, 5) is 0. The molecule has 0 saturated carbocycles. The van der Waals surface area contributed by atoms with Crippen LogP contribution in [0.3, 0.4) is 0 Å². The van der Waals surface area contributed by atoms with E-state index in [1.54, 1.807) is 12.3 Å². The van der Waals surface area contributed by atoms with Gasteiger partial charge >= 0.3 is 0 Å². The van der Waals surface area contributed by atoms with Gasteiger partial charge in [0.2, 0.25) is 0 Å². The molecule has 1 aromatic rings. The van der Waals surface area contributed by atoms with Gasteiger partial charge in [-0.05, 0) is 31.4 Å². The Hall–Kier alpha value is -1.39. The number of hydrogen-bond acceptors (Lipinski definition) is 3. The average molecular weight is 236 g/mol. The van der Waals surface area contributed by atoms with E-state index in [0.717, 1.165) is 30.6 Å². The van der Waals surface area contributed by atoms with E-state index in [-0.39, 0.29) is 11.9 Å². The SMILES string of the molecule is Cc1ccc(F)c(C(NN)C2=COCCC2)c1. The predicted octanol–water partition coefficient (Wildman–Crippen LogP) is 2.33. The summed E-state index contributed by atoms with van der Waals surface area (Å²) in [5.74, 6) is 5.30. The molecular weight excluding hydrogens is 219 g/mol. The minimum atomic E-state index is -0.310. The van der Waals surface area contributed by atoms with Gasteiger partial charge in [0.05, 0.1) is 18.9 Å². The first-order valence-corrected chi connectivity index (χ1v) is 5.75. The molecule has 0 aliphatic carbocycles. The molecule has 0 radical (unpaired) electrons. The highest BCUT2D eigenvalue weighted by molar-refractivity contribution is 5.32. The molecule has 92 valence electrons. The van der Waals surface area contributed by atoms with Crippen LogP contribution in [0.5, 0.6) is 0 Å². The molecule has 0 saturated heterocycles. The van der Waals surface area contributed by atoms with Crippen molar-refractivity contribution in [3.63, 3.8) is 0 Å². The van der Waals surface area contributed by atoms with E-state index in [0.29, 0.717) is 5.56 Å². The van der Waals surface area contributed by atoms with Crippen LogP contribution in [0.15, 0.2) is 30.0 Å². The molecule has 3 N–H and O–H groups in total. The molecule has 2 rings (SSSR count). The zero-order valence-corrected chi connectivity index (χ0v) is 9.87. The molecule has 3 nitrogen and oxygen atoms in total. The smallest absolute Gasteiger partial charge is 0.128 e. The van der Waals surface area contributed by atoms with Gasteiger partial charge in [-0.15, -0.1) is 0 Å². The Morgan fingerprint density at radius 2 is 2.29 bits per heavy atom. The maximum atomic E-state index is 13.8. The first-order chi connectivity index (χ1) is 8.22. The Morgan fingerprint density at radius 1 is 1.47 bits per heavy atom. The first-order valence-electron chi connectivity index (χ1n) is 5.75.